The molecule has 2 aliphatic heterocycles. The van der Waals surface area contributed by atoms with Gasteiger partial charge in [0.05, 0.1) is 23.9 Å². The molecule has 5 heterocycles. The predicted molar refractivity (Wildman–Crippen MR) is 164 cm³/mol. The Labute approximate surface area is 260 Å². The lowest BCUT2D eigenvalue weighted by Crippen LogP contribution is -2.60. The summed E-state index contributed by atoms with van der Waals surface area (Å²) in [7, 11) is -4.47. The van der Waals surface area contributed by atoms with Crippen molar-refractivity contribution in [2.45, 2.75) is 24.4 Å². The molecule has 1 fully saturated rings. The highest BCUT2D eigenvalue weighted by atomic mass is 35.5. The molecule has 1 unspecified atom stereocenters. The van der Waals surface area contributed by atoms with Gasteiger partial charge in [-0.2, -0.15) is 18.0 Å². The number of carbonyl (C=O) groups excluding carboxylic acids is 1. The number of sulfonamides is 1. The summed E-state index contributed by atoms with van der Waals surface area (Å²) in [5, 5.41) is 9.69. The average Bonchev–Trinajstić information content (AvgIpc) is 3.30. The van der Waals surface area contributed by atoms with Gasteiger partial charge in [-0.3, -0.25) is 14.7 Å². The molecular formula is C31H28ClN7O4S. The van der Waals surface area contributed by atoms with Gasteiger partial charge in [0.1, 0.15) is 5.15 Å². The number of piperazine rings is 1. The van der Waals surface area contributed by atoms with E-state index in [1.807, 2.05) is 17.0 Å². The minimum absolute atomic E-state index is 0.0769. The Morgan fingerprint density at radius 1 is 1.05 bits per heavy atom. The molecule has 0 spiro atoms. The number of nitriles is 1. The molecule has 0 N–H and O–H groups in total. The van der Waals surface area contributed by atoms with Crippen molar-refractivity contribution in [2.24, 2.45) is 0 Å². The van der Waals surface area contributed by atoms with Crippen LogP contribution >= 0.6 is 11.6 Å². The highest BCUT2D eigenvalue weighted by molar-refractivity contribution is 7.93. The van der Waals surface area contributed by atoms with Crippen molar-refractivity contribution in [3.05, 3.63) is 101 Å². The Kier molecular flexibility index (Phi) is 7.71. The fourth-order valence-corrected chi connectivity index (χ4v) is 7.49. The first-order valence-corrected chi connectivity index (χ1v) is 15.8. The summed E-state index contributed by atoms with van der Waals surface area (Å²) in [6.45, 7) is 5.73. The highest BCUT2D eigenvalue weighted by Crippen LogP contribution is 2.51. The number of aromatic nitrogens is 3. The number of carbonyl (C=O) groups is 1. The number of hydrogen-bond acceptors (Lipinski definition) is 10. The zero-order chi connectivity index (χ0) is 31.1. The molecule has 1 aromatic carbocycles. The van der Waals surface area contributed by atoms with Crippen LogP contribution in [0.2, 0.25) is 5.15 Å². The van der Waals surface area contributed by atoms with Crippen LogP contribution in [0, 0.1) is 18.3 Å². The maximum Gasteiger partial charge on any atom is 0.288 e. The first-order chi connectivity index (χ1) is 21.2. The van der Waals surface area contributed by atoms with Crippen LogP contribution in [0.4, 0.5) is 11.4 Å². The van der Waals surface area contributed by atoms with Gasteiger partial charge in [-0.05, 0) is 67.4 Å². The molecule has 0 bridgehead atoms. The van der Waals surface area contributed by atoms with E-state index >= 15 is 4.79 Å². The van der Waals surface area contributed by atoms with E-state index in [1.165, 1.54) is 24.4 Å². The topological polar surface area (TPSA) is 133 Å². The highest BCUT2D eigenvalue weighted by Gasteiger charge is 2.60. The Morgan fingerprint density at radius 2 is 1.80 bits per heavy atom. The minimum Gasteiger partial charge on any atom is -0.478 e. The van der Waals surface area contributed by atoms with Crippen molar-refractivity contribution in [2.75, 3.05) is 42.0 Å². The predicted octanol–water partition coefficient (Wildman–Crippen LogP) is 3.91. The number of fused-ring (bicyclic) bond motifs is 1. The number of aryl methyl sites for hydroxylation is 1. The van der Waals surface area contributed by atoms with Crippen LogP contribution in [0.25, 0.3) is 0 Å². The number of ether oxygens (including phenoxy) is 1. The third kappa shape index (κ3) is 4.83. The van der Waals surface area contributed by atoms with Gasteiger partial charge in [-0.15, -0.1) is 0 Å². The van der Waals surface area contributed by atoms with Crippen LogP contribution in [0.5, 0.6) is 5.88 Å². The molecule has 11 nitrogen and oxygen atoms in total. The van der Waals surface area contributed by atoms with E-state index < -0.39 is 21.5 Å². The Hall–Kier alpha value is -4.57. The second-order valence-electron chi connectivity index (χ2n) is 10.4. The second-order valence-corrected chi connectivity index (χ2v) is 12.6. The fraction of sp³-hybridized carbons (Fsp3) is 0.258. The Bertz CT molecular complexity index is 1880. The molecule has 44 heavy (non-hydrogen) atoms. The van der Waals surface area contributed by atoms with E-state index in [9.17, 15) is 13.7 Å². The lowest BCUT2D eigenvalue weighted by molar-refractivity contribution is -0.126. The number of anilines is 2. The van der Waals surface area contributed by atoms with E-state index in [0.717, 1.165) is 15.6 Å². The van der Waals surface area contributed by atoms with Crippen LogP contribution in [0.1, 0.15) is 29.2 Å². The van der Waals surface area contributed by atoms with Crippen molar-refractivity contribution < 1.29 is 17.9 Å². The lowest BCUT2D eigenvalue weighted by Gasteiger charge is -2.45. The quantitative estimate of drug-likeness (QED) is 0.277. The van der Waals surface area contributed by atoms with E-state index in [-0.39, 0.29) is 27.3 Å². The summed E-state index contributed by atoms with van der Waals surface area (Å²) < 4.78 is 35.0. The van der Waals surface area contributed by atoms with E-state index in [1.54, 1.807) is 50.5 Å². The molecular weight excluding hydrogens is 602 g/mol. The number of hydrogen-bond donors (Lipinski definition) is 0. The zero-order valence-electron chi connectivity index (χ0n) is 24.0. The second kappa shape index (κ2) is 11.5. The molecule has 2 aliphatic rings. The van der Waals surface area contributed by atoms with Crippen molar-refractivity contribution >= 4 is 38.9 Å². The molecule has 1 saturated heterocycles. The number of amides is 1. The van der Waals surface area contributed by atoms with Crippen LogP contribution in [-0.4, -0.2) is 67.0 Å². The molecule has 224 valence electrons. The lowest BCUT2D eigenvalue weighted by atomic mass is 9.81. The zero-order valence-corrected chi connectivity index (χ0v) is 25.6. The molecule has 3 aromatic heterocycles. The van der Waals surface area contributed by atoms with Gasteiger partial charge in [0.25, 0.3) is 15.9 Å². The largest absolute Gasteiger partial charge is 0.478 e. The number of nitrogens with zero attached hydrogens (tertiary/aromatic N) is 7. The summed E-state index contributed by atoms with van der Waals surface area (Å²) in [5.41, 5.74) is 1.22. The smallest absolute Gasteiger partial charge is 0.288 e. The summed E-state index contributed by atoms with van der Waals surface area (Å²) in [6.07, 6.45) is 4.88. The molecule has 1 amide bonds. The van der Waals surface area contributed by atoms with Crippen molar-refractivity contribution in [3.8, 4) is 11.9 Å². The maximum absolute atomic E-state index is 15.1. The average molecular weight is 630 g/mol. The van der Waals surface area contributed by atoms with E-state index in [2.05, 4.69) is 25.9 Å². The van der Waals surface area contributed by atoms with Gasteiger partial charge in [0.2, 0.25) is 5.88 Å². The summed E-state index contributed by atoms with van der Waals surface area (Å²) >= 11 is 6.51. The first-order valence-electron chi connectivity index (χ1n) is 14.0. The molecule has 13 heteroatoms. The fourth-order valence-electron chi connectivity index (χ4n) is 5.91. The van der Waals surface area contributed by atoms with Gasteiger partial charge in [0.15, 0.2) is 10.6 Å². The van der Waals surface area contributed by atoms with Crippen LogP contribution in [0.3, 0.4) is 0 Å². The first kappa shape index (κ1) is 29.5. The summed E-state index contributed by atoms with van der Waals surface area (Å²) in [4.78, 5) is 31.7. The summed E-state index contributed by atoms with van der Waals surface area (Å²) in [5.74, 6) is -0.538. The number of pyridine rings is 3. The van der Waals surface area contributed by atoms with Gasteiger partial charge < -0.3 is 9.64 Å². The third-order valence-electron chi connectivity index (χ3n) is 7.88. The van der Waals surface area contributed by atoms with Crippen LogP contribution in [-0.2, 0) is 20.4 Å². The molecule has 0 saturated carbocycles. The third-order valence-corrected chi connectivity index (χ3v) is 9.69. The van der Waals surface area contributed by atoms with Gasteiger partial charge in [-0.25, -0.2) is 9.97 Å². The Morgan fingerprint density at radius 3 is 2.45 bits per heavy atom. The molecule has 0 aliphatic carbocycles. The SMILES string of the molecule is CCOc1cc(C2(N3CCN(c4ccncc4)CC3)C(=O)N(S(=O)(=O)c3ccc(C)cn3)c3ccc(C#N)cc32)cc(Cl)n1. The van der Waals surface area contributed by atoms with Crippen molar-refractivity contribution in [1.82, 2.24) is 19.9 Å². The van der Waals surface area contributed by atoms with Crippen LogP contribution in [0.15, 0.2) is 78.2 Å². The van der Waals surface area contributed by atoms with E-state index in [4.69, 9.17) is 16.3 Å². The van der Waals surface area contributed by atoms with Gasteiger partial charge in [0, 0.05) is 62.1 Å². The standard InChI is InChI=1S/C31H28ClN7O4S/c1-3-43-28-18-23(17-27(32)36-28)31(38-14-12-37(13-15-38)24-8-10-34-11-9-24)25-16-22(19-33)5-6-26(25)39(30(31)40)44(41,42)29-7-4-21(2)20-35-29/h4-11,16-18,20H,3,12-15H2,1-2H3. The van der Waals surface area contributed by atoms with Gasteiger partial charge >= 0.3 is 0 Å². The number of rotatable bonds is 7. The van der Waals surface area contributed by atoms with Gasteiger partial charge in [-0.1, -0.05) is 17.7 Å². The van der Waals surface area contributed by atoms with E-state index in [0.29, 0.717) is 43.9 Å². The molecule has 6 rings (SSSR count). The minimum atomic E-state index is -4.47. The molecule has 0 radical (unpaired) electrons. The normalized spacial score (nSPS) is 18.6. The monoisotopic (exact) mass is 629 g/mol. The van der Waals surface area contributed by atoms with Crippen molar-refractivity contribution in [3.63, 3.8) is 0 Å². The molecule has 4 aromatic rings. The number of halogens is 1. The Balaban J connectivity index is 1.57. The molecule has 1 atom stereocenters. The number of benzene rings is 1. The maximum atomic E-state index is 15.1. The summed E-state index contributed by atoms with van der Waals surface area (Å²) in [6, 6.07) is 16.7. The van der Waals surface area contributed by atoms with Crippen LogP contribution < -0.4 is 13.9 Å². The van der Waals surface area contributed by atoms with Crippen molar-refractivity contribution in [1.29, 1.82) is 5.26 Å².